The minimum atomic E-state index is 0.398. The second-order valence-corrected chi connectivity index (χ2v) is 5.78. The Kier molecular flexibility index (Phi) is 3.62. The molecule has 0 radical (unpaired) electrons. The summed E-state index contributed by atoms with van der Waals surface area (Å²) in [7, 11) is 0. The molecule has 0 aromatic heterocycles. The van der Waals surface area contributed by atoms with Crippen LogP contribution < -0.4 is 0 Å². The Labute approximate surface area is 130 Å². The maximum Gasteiger partial charge on any atom is 0.0629 e. The molecule has 21 heavy (non-hydrogen) atoms. The van der Waals surface area contributed by atoms with E-state index < -0.39 is 0 Å². The predicted molar refractivity (Wildman–Crippen MR) is 92.0 cm³/mol. The van der Waals surface area contributed by atoms with E-state index in [1.54, 1.807) is 12.1 Å². The van der Waals surface area contributed by atoms with Crippen LogP contribution in [-0.2, 0) is 0 Å². The summed E-state index contributed by atoms with van der Waals surface area (Å²) in [6, 6.07) is 14.8. The summed E-state index contributed by atoms with van der Waals surface area (Å²) >= 11 is 0. The maximum absolute atomic E-state index is 7.88. The standard InChI is InChI=1S/C21H22/c1-17-10-13-20(14-11-17)21-15-12-19(16-21)9-5-8-18-6-3-2-4-7-18/h2-8,10-11,13-15,19H,9,12,16H2,1H3/b8-5-/i2D,6D. The van der Waals surface area contributed by atoms with Gasteiger partial charge in [0.2, 0.25) is 0 Å². The van der Waals surface area contributed by atoms with E-state index in [2.05, 4.69) is 43.3 Å². The van der Waals surface area contributed by atoms with Crippen LogP contribution in [-0.4, -0.2) is 0 Å². The molecule has 0 aliphatic heterocycles. The van der Waals surface area contributed by atoms with E-state index in [0.717, 1.165) is 24.8 Å². The molecule has 0 saturated carbocycles. The number of allylic oxidation sites excluding steroid dienone is 3. The van der Waals surface area contributed by atoms with Gasteiger partial charge in [0.05, 0.1) is 2.74 Å². The topological polar surface area (TPSA) is 0 Å². The predicted octanol–water partition coefficient (Wildman–Crippen LogP) is 5.89. The Balaban J connectivity index is 1.57. The average Bonchev–Trinajstić information content (AvgIpc) is 2.99. The minimum absolute atomic E-state index is 0.398. The van der Waals surface area contributed by atoms with Crippen molar-refractivity contribution in [2.75, 3.05) is 0 Å². The molecular formula is C21H22. The van der Waals surface area contributed by atoms with Gasteiger partial charge in [-0.15, -0.1) is 0 Å². The molecule has 0 spiro atoms. The Morgan fingerprint density at radius 1 is 1.19 bits per heavy atom. The normalized spacial score (nSPS) is 19.5. The lowest BCUT2D eigenvalue weighted by Gasteiger charge is -2.08. The van der Waals surface area contributed by atoms with Crippen LogP contribution in [0.15, 0.2) is 66.7 Å². The highest BCUT2D eigenvalue weighted by atomic mass is 14.2. The quantitative estimate of drug-likeness (QED) is 0.653. The monoisotopic (exact) mass is 276 g/mol. The molecule has 0 fully saturated rings. The third kappa shape index (κ3) is 3.72. The third-order valence-electron chi connectivity index (χ3n) is 4.08. The van der Waals surface area contributed by atoms with Crippen LogP contribution in [0.25, 0.3) is 11.6 Å². The highest BCUT2D eigenvalue weighted by Gasteiger charge is 2.16. The van der Waals surface area contributed by atoms with E-state index in [1.165, 1.54) is 16.7 Å². The second-order valence-electron chi connectivity index (χ2n) is 5.78. The van der Waals surface area contributed by atoms with Crippen LogP contribution in [0.2, 0.25) is 0 Å². The van der Waals surface area contributed by atoms with Gasteiger partial charge in [-0.2, -0.15) is 0 Å². The van der Waals surface area contributed by atoms with Gasteiger partial charge in [-0.25, -0.2) is 0 Å². The number of rotatable bonds is 4. The van der Waals surface area contributed by atoms with E-state index in [4.69, 9.17) is 2.74 Å². The molecule has 1 atom stereocenters. The molecule has 0 heteroatoms. The highest BCUT2D eigenvalue weighted by molar-refractivity contribution is 5.67. The summed E-state index contributed by atoms with van der Waals surface area (Å²) in [4.78, 5) is 0. The first-order valence-electron chi connectivity index (χ1n) is 8.61. The molecule has 106 valence electrons. The van der Waals surface area contributed by atoms with Crippen LogP contribution in [0.5, 0.6) is 0 Å². The zero-order valence-corrected chi connectivity index (χ0v) is 12.5. The van der Waals surface area contributed by atoms with Gasteiger partial charge in [0.25, 0.3) is 0 Å². The molecule has 0 heterocycles. The molecule has 2 aromatic rings. The Bertz CT molecular complexity index is 739. The first-order chi connectivity index (χ1) is 11.1. The molecule has 0 bridgehead atoms. The second kappa shape index (κ2) is 6.58. The molecule has 0 N–H and O–H groups in total. The molecule has 1 unspecified atom stereocenters. The zero-order chi connectivity index (χ0) is 16.2. The average molecular weight is 276 g/mol. The molecule has 1 aliphatic carbocycles. The minimum Gasteiger partial charge on any atom is -0.0836 e. The van der Waals surface area contributed by atoms with E-state index in [0.29, 0.717) is 18.0 Å². The number of hydrogen-bond donors (Lipinski definition) is 0. The van der Waals surface area contributed by atoms with Gasteiger partial charge in [0, 0.05) is 0 Å². The third-order valence-corrected chi connectivity index (χ3v) is 4.08. The van der Waals surface area contributed by atoms with E-state index in [9.17, 15) is 0 Å². The summed E-state index contributed by atoms with van der Waals surface area (Å²) < 4.78 is 15.4. The largest absolute Gasteiger partial charge is 0.0836 e. The fourth-order valence-corrected chi connectivity index (χ4v) is 2.82. The van der Waals surface area contributed by atoms with Gasteiger partial charge in [-0.1, -0.05) is 78.3 Å². The summed E-state index contributed by atoms with van der Waals surface area (Å²) in [6.07, 6.45) is 9.86. The Morgan fingerprint density at radius 2 is 2.05 bits per heavy atom. The lowest BCUT2D eigenvalue weighted by atomic mass is 9.97. The summed E-state index contributed by atoms with van der Waals surface area (Å²) in [5, 5.41) is 0. The maximum atomic E-state index is 7.88. The van der Waals surface area contributed by atoms with Crippen molar-refractivity contribution in [2.45, 2.75) is 26.2 Å². The van der Waals surface area contributed by atoms with Gasteiger partial charge < -0.3 is 0 Å². The van der Waals surface area contributed by atoms with Crippen molar-refractivity contribution < 1.29 is 2.74 Å². The summed E-state index contributed by atoms with van der Waals surface area (Å²) in [6.45, 7) is 2.12. The van der Waals surface area contributed by atoms with Crippen molar-refractivity contribution in [3.63, 3.8) is 0 Å². The van der Waals surface area contributed by atoms with Crippen molar-refractivity contribution in [2.24, 2.45) is 5.92 Å². The summed E-state index contributed by atoms with van der Waals surface area (Å²) in [5.74, 6) is 0.659. The molecule has 0 saturated heterocycles. The number of hydrogen-bond acceptors (Lipinski definition) is 0. The number of aryl methyl sites for hydroxylation is 1. The van der Waals surface area contributed by atoms with Gasteiger partial charge in [-0.05, 0) is 48.8 Å². The SMILES string of the molecule is [2H]c1ccc(/C=C\CC2CC=C(c3ccc(C)cc3)C2)c([2H])c1. The van der Waals surface area contributed by atoms with Crippen LogP contribution in [0.3, 0.4) is 0 Å². The fraction of sp³-hybridized carbons (Fsp3) is 0.238. The zero-order valence-electron chi connectivity index (χ0n) is 14.5. The van der Waals surface area contributed by atoms with Crippen molar-refractivity contribution in [1.82, 2.24) is 0 Å². The molecule has 2 aromatic carbocycles. The van der Waals surface area contributed by atoms with Crippen LogP contribution in [0.1, 0.15) is 38.7 Å². The van der Waals surface area contributed by atoms with Crippen LogP contribution >= 0.6 is 0 Å². The first kappa shape index (κ1) is 11.6. The Hall–Kier alpha value is -2.08. The molecule has 0 nitrogen and oxygen atoms in total. The fourth-order valence-electron chi connectivity index (χ4n) is 2.82. The molecular weight excluding hydrogens is 252 g/mol. The highest BCUT2D eigenvalue weighted by Crippen LogP contribution is 2.34. The molecule has 1 aliphatic rings. The van der Waals surface area contributed by atoms with Gasteiger partial charge >= 0.3 is 0 Å². The van der Waals surface area contributed by atoms with E-state index in [-0.39, 0.29) is 0 Å². The Morgan fingerprint density at radius 3 is 2.86 bits per heavy atom. The lowest BCUT2D eigenvalue weighted by molar-refractivity contribution is 0.585. The lowest BCUT2D eigenvalue weighted by Crippen LogP contribution is -1.92. The molecule has 3 rings (SSSR count). The smallest absolute Gasteiger partial charge is 0.0629 e. The van der Waals surface area contributed by atoms with Crippen LogP contribution in [0, 0.1) is 12.8 Å². The van der Waals surface area contributed by atoms with Crippen LogP contribution in [0.4, 0.5) is 0 Å². The molecule has 0 amide bonds. The van der Waals surface area contributed by atoms with Gasteiger partial charge in [0.1, 0.15) is 0 Å². The van der Waals surface area contributed by atoms with E-state index >= 15 is 0 Å². The van der Waals surface area contributed by atoms with Crippen molar-refractivity contribution in [3.8, 4) is 0 Å². The van der Waals surface area contributed by atoms with Crippen molar-refractivity contribution in [3.05, 3.63) is 83.4 Å². The number of benzene rings is 2. The van der Waals surface area contributed by atoms with Crippen molar-refractivity contribution in [1.29, 1.82) is 0 Å². The first-order valence-corrected chi connectivity index (χ1v) is 7.61. The van der Waals surface area contributed by atoms with Crippen molar-refractivity contribution >= 4 is 11.6 Å². The van der Waals surface area contributed by atoms with E-state index in [1.807, 2.05) is 12.1 Å². The summed E-state index contributed by atoms with van der Waals surface area (Å²) in [5.41, 5.74) is 5.01. The van der Waals surface area contributed by atoms with Gasteiger partial charge in [-0.3, -0.25) is 0 Å². The van der Waals surface area contributed by atoms with Gasteiger partial charge in [0.15, 0.2) is 0 Å².